The fourth-order valence-corrected chi connectivity index (χ4v) is 2.97. The van der Waals surface area contributed by atoms with E-state index in [1.54, 1.807) is 19.5 Å². The summed E-state index contributed by atoms with van der Waals surface area (Å²) < 4.78 is 10.8. The molecule has 1 amide bonds. The van der Waals surface area contributed by atoms with Crippen LogP contribution in [0.1, 0.15) is 50.0 Å². The predicted molar refractivity (Wildman–Crippen MR) is 74.6 cm³/mol. The molecule has 0 bridgehead atoms. The highest BCUT2D eigenvalue weighted by molar-refractivity contribution is 5.73. The van der Waals surface area contributed by atoms with Crippen LogP contribution >= 0.6 is 0 Å². The largest absolute Gasteiger partial charge is 0.472 e. The maximum absolute atomic E-state index is 11.7. The molecule has 21 heavy (non-hydrogen) atoms. The van der Waals surface area contributed by atoms with Crippen LogP contribution in [-0.2, 0) is 11.2 Å². The summed E-state index contributed by atoms with van der Waals surface area (Å²) >= 11 is 0. The van der Waals surface area contributed by atoms with Gasteiger partial charge < -0.3 is 13.7 Å². The van der Waals surface area contributed by atoms with Gasteiger partial charge in [0, 0.05) is 19.5 Å². The van der Waals surface area contributed by atoms with Crippen molar-refractivity contribution >= 4 is 5.91 Å². The molecule has 0 spiro atoms. The number of nitrogens with zero attached hydrogens (tertiary/aromatic N) is 3. The van der Waals surface area contributed by atoms with Gasteiger partial charge in [-0.05, 0) is 31.4 Å². The lowest BCUT2D eigenvalue weighted by molar-refractivity contribution is -0.132. The van der Waals surface area contributed by atoms with Crippen LogP contribution in [0.15, 0.2) is 27.4 Å². The number of hydrogen-bond donors (Lipinski definition) is 0. The fraction of sp³-hybridized carbons (Fsp3) is 0.533. The van der Waals surface area contributed by atoms with Crippen molar-refractivity contribution < 1.29 is 13.6 Å². The van der Waals surface area contributed by atoms with Crippen LogP contribution in [0.4, 0.5) is 0 Å². The molecule has 1 fully saturated rings. The topological polar surface area (TPSA) is 72.4 Å². The minimum atomic E-state index is 0.0958. The summed E-state index contributed by atoms with van der Waals surface area (Å²) in [5.74, 6) is 1.43. The number of likely N-dealkylation sites (tertiary alicyclic amines) is 1. The molecule has 3 rings (SSSR count). The number of rotatable bonds is 3. The Bertz CT molecular complexity index is 605. The molecule has 1 aliphatic rings. The molecule has 0 saturated carbocycles. The molecule has 2 aromatic rings. The van der Waals surface area contributed by atoms with Gasteiger partial charge in [-0.25, -0.2) is 0 Å². The lowest BCUT2D eigenvalue weighted by Gasteiger charge is -2.37. The molecule has 1 saturated heterocycles. The van der Waals surface area contributed by atoms with Gasteiger partial charge in [0.25, 0.3) is 0 Å². The average molecular weight is 289 g/mol. The standard InChI is InChI=1S/C15H19N3O3/c1-10-13(4-3-6-18(10)11(2)19)15-17-16-14(21-15)8-12-5-7-20-9-12/h5,7,9-10,13H,3-4,6,8H2,1-2H3/t10-,13-/m0/s1. The number of piperidine rings is 1. The summed E-state index contributed by atoms with van der Waals surface area (Å²) in [4.78, 5) is 13.5. The normalized spacial score (nSPS) is 22.5. The third-order valence-corrected chi connectivity index (χ3v) is 4.13. The highest BCUT2D eigenvalue weighted by Gasteiger charge is 2.33. The van der Waals surface area contributed by atoms with Gasteiger partial charge in [0.15, 0.2) is 0 Å². The number of amides is 1. The molecular weight excluding hydrogens is 270 g/mol. The number of furan rings is 1. The molecule has 0 N–H and O–H groups in total. The Morgan fingerprint density at radius 3 is 3.05 bits per heavy atom. The van der Waals surface area contributed by atoms with Crippen LogP contribution in [-0.4, -0.2) is 33.6 Å². The first-order valence-electron chi connectivity index (χ1n) is 7.25. The molecule has 3 heterocycles. The molecule has 0 unspecified atom stereocenters. The Hall–Kier alpha value is -2.11. The summed E-state index contributed by atoms with van der Waals surface area (Å²) in [5.41, 5.74) is 1.01. The molecular formula is C15H19N3O3. The number of aromatic nitrogens is 2. The van der Waals surface area contributed by atoms with Crippen LogP contribution in [0.2, 0.25) is 0 Å². The van der Waals surface area contributed by atoms with E-state index in [4.69, 9.17) is 8.83 Å². The van der Waals surface area contributed by atoms with Gasteiger partial charge in [-0.2, -0.15) is 0 Å². The first-order valence-corrected chi connectivity index (χ1v) is 7.25. The molecule has 0 aromatic carbocycles. The van der Waals surface area contributed by atoms with Gasteiger partial charge in [0.2, 0.25) is 17.7 Å². The quantitative estimate of drug-likeness (QED) is 0.867. The average Bonchev–Trinajstić information content (AvgIpc) is 3.11. The Labute approximate surface area is 123 Å². The van der Waals surface area contributed by atoms with E-state index >= 15 is 0 Å². The lowest BCUT2D eigenvalue weighted by Crippen LogP contribution is -2.44. The van der Waals surface area contributed by atoms with Crippen molar-refractivity contribution in [2.75, 3.05) is 6.54 Å². The van der Waals surface area contributed by atoms with Crippen molar-refractivity contribution in [3.63, 3.8) is 0 Å². The van der Waals surface area contributed by atoms with Gasteiger partial charge in [0.05, 0.1) is 24.9 Å². The molecule has 2 atom stereocenters. The second-order valence-electron chi connectivity index (χ2n) is 5.54. The van der Waals surface area contributed by atoms with Crippen molar-refractivity contribution in [1.82, 2.24) is 15.1 Å². The van der Waals surface area contributed by atoms with E-state index < -0.39 is 0 Å². The summed E-state index contributed by atoms with van der Waals surface area (Å²) in [5, 5.41) is 8.29. The zero-order valence-electron chi connectivity index (χ0n) is 12.3. The summed E-state index contributed by atoms with van der Waals surface area (Å²) in [6, 6.07) is 1.98. The van der Waals surface area contributed by atoms with Crippen molar-refractivity contribution in [1.29, 1.82) is 0 Å². The van der Waals surface area contributed by atoms with E-state index in [0.717, 1.165) is 24.9 Å². The fourth-order valence-electron chi connectivity index (χ4n) is 2.97. The highest BCUT2D eigenvalue weighted by atomic mass is 16.4. The van der Waals surface area contributed by atoms with Crippen molar-refractivity contribution in [2.45, 2.75) is 45.1 Å². The lowest BCUT2D eigenvalue weighted by atomic mass is 9.90. The number of carbonyl (C=O) groups excluding carboxylic acids is 1. The van der Waals surface area contributed by atoms with Crippen molar-refractivity contribution in [3.05, 3.63) is 35.9 Å². The van der Waals surface area contributed by atoms with E-state index in [-0.39, 0.29) is 17.9 Å². The van der Waals surface area contributed by atoms with E-state index in [9.17, 15) is 4.79 Å². The number of hydrogen-bond acceptors (Lipinski definition) is 5. The Morgan fingerprint density at radius 1 is 1.48 bits per heavy atom. The summed E-state index contributed by atoms with van der Waals surface area (Å²) in [6.07, 6.45) is 5.80. The van der Waals surface area contributed by atoms with Gasteiger partial charge >= 0.3 is 0 Å². The minimum Gasteiger partial charge on any atom is -0.472 e. The van der Waals surface area contributed by atoms with E-state index in [1.807, 2.05) is 17.9 Å². The first-order chi connectivity index (χ1) is 10.1. The molecule has 6 nitrogen and oxygen atoms in total. The molecule has 6 heteroatoms. The molecule has 2 aromatic heterocycles. The van der Waals surface area contributed by atoms with Gasteiger partial charge in [-0.15, -0.1) is 10.2 Å². The zero-order valence-corrected chi connectivity index (χ0v) is 12.3. The predicted octanol–water partition coefficient (Wildman–Crippen LogP) is 2.37. The molecule has 112 valence electrons. The SMILES string of the molecule is CC(=O)N1CCC[C@H](c2nnc(Cc3ccoc3)o2)[C@@H]1C. The first kappa shape index (κ1) is 13.9. The van der Waals surface area contributed by atoms with Gasteiger partial charge in [0.1, 0.15) is 0 Å². The van der Waals surface area contributed by atoms with E-state index in [0.29, 0.717) is 18.2 Å². The smallest absolute Gasteiger partial charge is 0.221 e. The molecule has 1 aliphatic heterocycles. The van der Waals surface area contributed by atoms with Gasteiger partial charge in [-0.1, -0.05) is 0 Å². The van der Waals surface area contributed by atoms with E-state index in [1.165, 1.54) is 0 Å². The second kappa shape index (κ2) is 5.71. The monoisotopic (exact) mass is 289 g/mol. The minimum absolute atomic E-state index is 0.0958. The maximum atomic E-state index is 11.7. The van der Waals surface area contributed by atoms with E-state index in [2.05, 4.69) is 10.2 Å². The van der Waals surface area contributed by atoms with Crippen molar-refractivity contribution in [2.24, 2.45) is 0 Å². The third-order valence-electron chi connectivity index (χ3n) is 4.13. The molecule has 0 aliphatic carbocycles. The van der Waals surface area contributed by atoms with Crippen LogP contribution in [0, 0.1) is 0 Å². The van der Waals surface area contributed by atoms with Gasteiger partial charge in [-0.3, -0.25) is 4.79 Å². The third kappa shape index (κ3) is 2.84. The van der Waals surface area contributed by atoms with Crippen molar-refractivity contribution in [3.8, 4) is 0 Å². The number of carbonyl (C=O) groups is 1. The zero-order chi connectivity index (χ0) is 14.8. The van der Waals surface area contributed by atoms with Crippen LogP contribution in [0.3, 0.4) is 0 Å². The Morgan fingerprint density at radius 2 is 2.33 bits per heavy atom. The van der Waals surface area contributed by atoms with Crippen LogP contribution in [0.25, 0.3) is 0 Å². The Kier molecular flexibility index (Phi) is 3.77. The highest BCUT2D eigenvalue weighted by Crippen LogP contribution is 2.32. The molecule has 0 radical (unpaired) electrons. The maximum Gasteiger partial charge on any atom is 0.221 e. The summed E-state index contributed by atoms with van der Waals surface area (Å²) in [6.45, 7) is 4.46. The second-order valence-corrected chi connectivity index (χ2v) is 5.54. The summed E-state index contributed by atoms with van der Waals surface area (Å²) in [7, 11) is 0. The van der Waals surface area contributed by atoms with Crippen LogP contribution in [0.5, 0.6) is 0 Å². The van der Waals surface area contributed by atoms with Crippen LogP contribution < -0.4 is 0 Å². The Balaban J connectivity index is 1.74.